The molecule has 1 amide bonds. The van der Waals surface area contributed by atoms with E-state index in [0.717, 1.165) is 0 Å². The van der Waals surface area contributed by atoms with Crippen LogP contribution in [0.15, 0.2) is 0 Å². The van der Waals surface area contributed by atoms with E-state index < -0.39 is 12.1 Å². The minimum Gasteiger partial charge on any atom is -0.360 e. The van der Waals surface area contributed by atoms with Crippen LogP contribution in [0.1, 0.15) is 6.92 Å². The van der Waals surface area contributed by atoms with E-state index in [1.807, 2.05) is 6.07 Å². The number of rotatable bonds is 1. The second-order valence-corrected chi connectivity index (χ2v) is 3.06. The van der Waals surface area contributed by atoms with Crippen LogP contribution in [0.2, 0.25) is 0 Å². The van der Waals surface area contributed by atoms with Crippen molar-refractivity contribution in [2.45, 2.75) is 19.1 Å². The van der Waals surface area contributed by atoms with Gasteiger partial charge in [-0.05, 0) is 6.92 Å². The number of nitriles is 1. The molecular formula is C8H13N3O2. The number of morpholine rings is 1. The monoisotopic (exact) mass is 183 g/mol. The summed E-state index contributed by atoms with van der Waals surface area (Å²) in [6.07, 6.45) is -0.503. The van der Waals surface area contributed by atoms with Crippen molar-refractivity contribution in [3.05, 3.63) is 0 Å². The molecule has 0 aromatic rings. The maximum atomic E-state index is 11.4. The van der Waals surface area contributed by atoms with Gasteiger partial charge in [-0.1, -0.05) is 0 Å². The molecule has 72 valence electrons. The van der Waals surface area contributed by atoms with Gasteiger partial charge in [0.15, 0.2) is 6.10 Å². The van der Waals surface area contributed by atoms with Crippen molar-refractivity contribution < 1.29 is 9.53 Å². The van der Waals surface area contributed by atoms with Crippen LogP contribution in [0.5, 0.6) is 0 Å². The Balaban J connectivity index is 2.52. The quantitative estimate of drug-likeness (QED) is 0.570. The topological polar surface area (TPSA) is 79.3 Å². The standard InChI is InChI=1S/C8H13N3O2/c1-6(10)8(12)11-2-3-13-7(4-9)5-11/h6-7H,2-3,5,10H2,1H3/t6-,7?/m1/s1. The lowest BCUT2D eigenvalue weighted by molar-refractivity contribution is -0.137. The highest BCUT2D eigenvalue weighted by Gasteiger charge is 2.25. The number of ether oxygens (including phenoxy) is 1. The second-order valence-electron chi connectivity index (χ2n) is 3.06. The molecule has 0 bridgehead atoms. The van der Waals surface area contributed by atoms with Crippen molar-refractivity contribution in [2.24, 2.45) is 5.73 Å². The maximum absolute atomic E-state index is 11.4. The third-order valence-electron chi connectivity index (χ3n) is 1.91. The minimum absolute atomic E-state index is 0.122. The fourth-order valence-corrected chi connectivity index (χ4v) is 1.22. The van der Waals surface area contributed by atoms with Crippen molar-refractivity contribution in [3.63, 3.8) is 0 Å². The summed E-state index contributed by atoms with van der Waals surface area (Å²) in [5.74, 6) is -0.122. The summed E-state index contributed by atoms with van der Waals surface area (Å²) < 4.78 is 5.09. The number of carbonyl (C=O) groups is 1. The van der Waals surface area contributed by atoms with Crippen molar-refractivity contribution in [1.29, 1.82) is 5.26 Å². The summed E-state index contributed by atoms with van der Waals surface area (Å²) in [6, 6.07) is 1.47. The van der Waals surface area contributed by atoms with Crippen LogP contribution < -0.4 is 5.73 Å². The Hall–Kier alpha value is -1.12. The summed E-state index contributed by atoms with van der Waals surface area (Å²) in [5, 5.41) is 8.58. The normalized spacial score (nSPS) is 25.0. The number of hydrogen-bond donors (Lipinski definition) is 1. The number of carbonyl (C=O) groups excluding carboxylic acids is 1. The average molecular weight is 183 g/mol. The summed E-state index contributed by atoms with van der Waals surface area (Å²) in [6.45, 7) is 2.91. The second kappa shape index (κ2) is 4.21. The molecule has 0 aromatic heterocycles. The Bertz CT molecular complexity index is 234. The SMILES string of the molecule is C[C@@H](N)C(=O)N1CCOC(C#N)C1. The molecule has 2 atom stereocenters. The molecular weight excluding hydrogens is 170 g/mol. The molecule has 1 rings (SSSR count). The van der Waals surface area contributed by atoms with Gasteiger partial charge in [-0.3, -0.25) is 4.79 Å². The highest BCUT2D eigenvalue weighted by molar-refractivity contribution is 5.81. The van der Waals surface area contributed by atoms with Gasteiger partial charge in [-0.25, -0.2) is 0 Å². The number of hydrogen-bond acceptors (Lipinski definition) is 4. The van der Waals surface area contributed by atoms with E-state index in [2.05, 4.69) is 0 Å². The minimum atomic E-state index is -0.503. The highest BCUT2D eigenvalue weighted by Crippen LogP contribution is 2.05. The van der Waals surface area contributed by atoms with Crippen molar-refractivity contribution in [3.8, 4) is 6.07 Å². The molecule has 0 aliphatic carbocycles. The summed E-state index contributed by atoms with van der Waals surface area (Å²) in [7, 11) is 0. The van der Waals surface area contributed by atoms with Crippen molar-refractivity contribution in [1.82, 2.24) is 4.90 Å². The lowest BCUT2D eigenvalue weighted by atomic mass is 10.2. The molecule has 0 saturated carbocycles. The van der Waals surface area contributed by atoms with E-state index in [4.69, 9.17) is 15.7 Å². The predicted octanol–water partition coefficient (Wildman–Crippen LogP) is -0.915. The van der Waals surface area contributed by atoms with E-state index in [-0.39, 0.29) is 5.91 Å². The van der Waals surface area contributed by atoms with Crippen LogP contribution in [0.3, 0.4) is 0 Å². The lowest BCUT2D eigenvalue weighted by Crippen LogP contribution is -2.50. The van der Waals surface area contributed by atoms with E-state index in [9.17, 15) is 4.79 Å². The first kappa shape index (κ1) is 9.96. The largest absolute Gasteiger partial charge is 0.360 e. The van der Waals surface area contributed by atoms with Gasteiger partial charge >= 0.3 is 0 Å². The zero-order valence-corrected chi connectivity index (χ0v) is 7.56. The first-order valence-electron chi connectivity index (χ1n) is 4.20. The molecule has 1 aliphatic rings. The van der Waals surface area contributed by atoms with Gasteiger partial charge in [0.1, 0.15) is 0 Å². The third-order valence-corrected chi connectivity index (χ3v) is 1.91. The molecule has 1 heterocycles. The Morgan fingerprint density at radius 3 is 3.08 bits per heavy atom. The van der Waals surface area contributed by atoms with Gasteiger partial charge in [-0.2, -0.15) is 5.26 Å². The number of amides is 1. The zero-order valence-electron chi connectivity index (χ0n) is 7.56. The van der Waals surface area contributed by atoms with Crippen molar-refractivity contribution in [2.75, 3.05) is 19.7 Å². The Kier molecular flexibility index (Phi) is 3.23. The van der Waals surface area contributed by atoms with Crippen molar-refractivity contribution >= 4 is 5.91 Å². The Morgan fingerprint density at radius 1 is 1.85 bits per heavy atom. The summed E-state index contributed by atoms with van der Waals surface area (Å²) in [5.41, 5.74) is 5.44. The average Bonchev–Trinajstić information content (AvgIpc) is 2.16. The summed E-state index contributed by atoms with van der Waals surface area (Å²) >= 11 is 0. The predicted molar refractivity (Wildman–Crippen MR) is 45.6 cm³/mol. The van der Waals surface area contributed by atoms with Gasteiger partial charge in [0.05, 0.1) is 25.3 Å². The van der Waals surface area contributed by atoms with Crippen LogP contribution in [-0.2, 0) is 9.53 Å². The van der Waals surface area contributed by atoms with Crippen LogP contribution in [0.4, 0.5) is 0 Å². The maximum Gasteiger partial charge on any atom is 0.239 e. The molecule has 13 heavy (non-hydrogen) atoms. The molecule has 1 fully saturated rings. The molecule has 0 aromatic carbocycles. The van der Waals surface area contributed by atoms with Gasteiger partial charge in [0.25, 0.3) is 0 Å². The van der Waals surface area contributed by atoms with E-state index in [1.54, 1.807) is 11.8 Å². The molecule has 0 radical (unpaired) electrons. The van der Waals surface area contributed by atoms with Gasteiger partial charge in [-0.15, -0.1) is 0 Å². The molecule has 5 heteroatoms. The Morgan fingerprint density at radius 2 is 2.54 bits per heavy atom. The fraction of sp³-hybridized carbons (Fsp3) is 0.750. The Labute approximate surface area is 77.1 Å². The summed E-state index contributed by atoms with van der Waals surface area (Å²) in [4.78, 5) is 13.0. The van der Waals surface area contributed by atoms with Gasteiger partial charge in [0, 0.05) is 6.54 Å². The van der Waals surface area contributed by atoms with Crippen LogP contribution in [0.25, 0.3) is 0 Å². The zero-order chi connectivity index (χ0) is 9.84. The molecule has 1 unspecified atom stereocenters. The number of nitrogens with two attached hydrogens (primary N) is 1. The van der Waals surface area contributed by atoms with E-state index >= 15 is 0 Å². The molecule has 1 aliphatic heterocycles. The fourth-order valence-electron chi connectivity index (χ4n) is 1.22. The van der Waals surface area contributed by atoms with Crippen LogP contribution >= 0.6 is 0 Å². The van der Waals surface area contributed by atoms with E-state index in [0.29, 0.717) is 19.7 Å². The molecule has 0 spiro atoms. The van der Waals surface area contributed by atoms with E-state index in [1.165, 1.54) is 0 Å². The van der Waals surface area contributed by atoms with Crippen LogP contribution in [-0.4, -0.2) is 42.6 Å². The lowest BCUT2D eigenvalue weighted by Gasteiger charge is -2.30. The molecule has 2 N–H and O–H groups in total. The molecule has 1 saturated heterocycles. The first-order chi connectivity index (χ1) is 6.15. The third kappa shape index (κ3) is 2.41. The van der Waals surface area contributed by atoms with Gasteiger partial charge in [0.2, 0.25) is 5.91 Å². The molecule has 5 nitrogen and oxygen atoms in total. The highest BCUT2D eigenvalue weighted by atomic mass is 16.5. The number of nitrogens with zero attached hydrogens (tertiary/aromatic N) is 2. The van der Waals surface area contributed by atoms with Gasteiger partial charge < -0.3 is 15.4 Å². The van der Waals surface area contributed by atoms with Crippen LogP contribution in [0, 0.1) is 11.3 Å². The first-order valence-corrected chi connectivity index (χ1v) is 4.20. The smallest absolute Gasteiger partial charge is 0.239 e.